The Kier molecular flexibility index (Phi) is 7.09. The van der Waals surface area contributed by atoms with Gasteiger partial charge in [-0.25, -0.2) is 0 Å². The fourth-order valence-electron chi connectivity index (χ4n) is 2.41. The summed E-state index contributed by atoms with van der Waals surface area (Å²) < 4.78 is 5.02. The number of carbonyl (C=O) groups is 3. The standard InChI is InChI=1S/C20H23NO4S/c1-14-9-11-18(26-14)17(22)10-12-20(24)25-13-19(23)21(3)15(2)16-7-5-4-6-8-16/h4-9,11,15H,10,12-13H2,1-3H3. The molecule has 1 atom stereocenters. The normalized spacial score (nSPS) is 11.7. The average Bonchev–Trinajstić information content (AvgIpc) is 3.10. The Balaban J connectivity index is 1.75. The van der Waals surface area contributed by atoms with Crippen LogP contribution in [0.25, 0.3) is 0 Å². The molecule has 1 aromatic carbocycles. The van der Waals surface area contributed by atoms with Gasteiger partial charge >= 0.3 is 5.97 Å². The van der Waals surface area contributed by atoms with Crippen LogP contribution < -0.4 is 0 Å². The molecule has 2 rings (SSSR count). The van der Waals surface area contributed by atoms with E-state index in [9.17, 15) is 14.4 Å². The van der Waals surface area contributed by atoms with Crippen molar-refractivity contribution in [3.05, 3.63) is 57.8 Å². The van der Waals surface area contributed by atoms with Gasteiger partial charge in [0.25, 0.3) is 5.91 Å². The lowest BCUT2D eigenvalue weighted by Crippen LogP contribution is -2.33. The molecule has 0 aliphatic heterocycles. The molecule has 1 heterocycles. The van der Waals surface area contributed by atoms with Gasteiger partial charge in [-0.05, 0) is 31.5 Å². The van der Waals surface area contributed by atoms with Crippen molar-refractivity contribution in [2.45, 2.75) is 32.7 Å². The monoisotopic (exact) mass is 373 g/mol. The van der Waals surface area contributed by atoms with E-state index in [1.807, 2.05) is 50.2 Å². The summed E-state index contributed by atoms with van der Waals surface area (Å²) in [4.78, 5) is 39.2. The van der Waals surface area contributed by atoms with Crippen LogP contribution in [0, 0.1) is 6.92 Å². The zero-order chi connectivity index (χ0) is 19.1. The highest BCUT2D eigenvalue weighted by Crippen LogP contribution is 2.19. The molecule has 0 saturated heterocycles. The molecule has 1 aromatic heterocycles. The summed E-state index contributed by atoms with van der Waals surface area (Å²) in [5, 5.41) is 0. The molecule has 0 aliphatic carbocycles. The molecule has 26 heavy (non-hydrogen) atoms. The van der Waals surface area contributed by atoms with E-state index in [0.717, 1.165) is 10.4 Å². The predicted molar refractivity (Wildman–Crippen MR) is 101 cm³/mol. The Morgan fingerprint density at radius 1 is 1.08 bits per heavy atom. The molecule has 6 heteroatoms. The van der Waals surface area contributed by atoms with E-state index < -0.39 is 5.97 Å². The zero-order valence-corrected chi connectivity index (χ0v) is 16.0. The van der Waals surface area contributed by atoms with Gasteiger partial charge in [-0.3, -0.25) is 14.4 Å². The average molecular weight is 373 g/mol. The number of carbonyl (C=O) groups excluding carboxylic acids is 3. The largest absolute Gasteiger partial charge is 0.456 e. The maximum Gasteiger partial charge on any atom is 0.306 e. The molecule has 0 saturated carbocycles. The number of rotatable bonds is 8. The van der Waals surface area contributed by atoms with Gasteiger partial charge < -0.3 is 9.64 Å². The molecule has 0 N–H and O–H groups in total. The Morgan fingerprint density at radius 3 is 2.38 bits per heavy atom. The smallest absolute Gasteiger partial charge is 0.306 e. The minimum absolute atomic E-state index is 0.0268. The fraction of sp³-hybridized carbons (Fsp3) is 0.350. The number of ether oxygens (including phenoxy) is 1. The van der Waals surface area contributed by atoms with Crippen molar-refractivity contribution in [3.63, 3.8) is 0 Å². The SMILES string of the molecule is Cc1ccc(C(=O)CCC(=O)OCC(=O)N(C)C(C)c2ccccc2)s1. The second-order valence-electron chi connectivity index (χ2n) is 6.09. The summed E-state index contributed by atoms with van der Waals surface area (Å²) in [5.74, 6) is -0.906. The van der Waals surface area contributed by atoms with E-state index in [4.69, 9.17) is 4.74 Å². The summed E-state index contributed by atoms with van der Waals surface area (Å²) in [5.41, 5.74) is 1.01. The summed E-state index contributed by atoms with van der Waals surface area (Å²) in [6.45, 7) is 3.52. The number of esters is 1. The number of Topliss-reactive ketones (excluding diaryl/α,β-unsaturated/α-hetero) is 1. The van der Waals surface area contributed by atoms with Crippen LogP contribution in [-0.2, 0) is 14.3 Å². The van der Waals surface area contributed by atoms with E-state index in [0.29, 0.717) is 4.88 Å². The highest BCUT2D eigenvalue weighted by Gasteiger charge is 2.19. The number of nitrogens with zero attached hydrogens (tertiary/aromatic N) is 1. The first-order valence-corrected chi connectivity index (χ1v) is 9.26. The Morgan fingerprint density at radius 2 is 1.77 bits per heavy atom. The van der Waals surface area contributed by atoms with Crippen LogP contribution in [0.4, 0.5) is 0 Å². The number of likely N-dealkylation sites (N-methyl/N-ethyl adjacent to an activating group) is 1. The van der Waals surface area contributed by atoms with Gasteiger partial charge in [-0.1, -0.05) is 30.3 Å². The Hall–Kier alpha value is -2.47. The predicted octanol–water partition coefficient (Wildman–Crippen LogP) is 3.78. The first kappa shape index (κ1) is 19.8. The number of ketones is 1. The van der Waals surface area contributed by atoms with Gasteiger partial charge in [0.15, 0.2) is 12.4 Å². The van der Waals surface area contributed by atoms with Crippen molar-refractivity contribution in [2.75, 3.05) is 13.7 Å². The van der Waals surface area contributed by atoms with Gasteiger partial charge in [0.05, 0.1) is 17.3 Å². The second-order valence-corrected chi connectivity index (χ2v) is 7.37. The lowest BCUT2D eigenvalue weighted by atomic mass is 10.1. The van der Waals surface area contributed by atoms with Crippen LogP contribution in [0.15, 0.2) is 42.5 Å². The number of amides is 1. The number of benzene rings is 1. The molecule has 1 unspecified atom stereocenters. The molecule has 0 spiro atoms. The van der Waals surface area contributed by atoms with E-state index in [2.05, 4.69) is 0 Å². The zero-order valence-electron chi connectivity index (χ0n) is 15.2. The van der Waals surface area contributed by atoms with Gasteiger partial charge in [0.1, 0.15) is 0 Å². The summed E-state index contributed by atoms with van der Waals surface area (Å²) >= 11 is 1.41. The fourth-order valence-corrected chi connectivity index (χ4v) is 3.25. The Labute approximate surface area is 157 Å². The third kappa shape index (κ3) is 5.52. The summed E-state index contributed by atoms with van der Waals surface area (Å²) in [6.07, 6.45) is 0.0598. The molecule has 138 valence electrons. The molecule has 0 bridgehead atoms. The summed E-state index contributed by atoms with van der Waals surface area (Å²) in [6, 6.07) is 13.1. The molecular weight excluding hydrogens is 350 g/mol. The van der Waals surface area contributed by atoms with Crippen LogP contribution in [-0.4, -0.2) is 36.2 Å². The lowest BCUT2D eigenvalue weighted by molar-refractivity contribution is -0.152. The first-order valence-electron chi connectivity index (χ1n) is 8.44. The number of aryl methyl sites for hydroxylation is 1. The van der Waals surface area contributed by atoms with Crippen molar-refractivity contribution >= 4 is 29.0 Å². The van der Waals surface area contributed by atoms with Crippen molar-refractivity contribution in [3.8, 4) is 0 Å². The maximum atomic E-state index is 12.2. The topological polar surface area (TPSA) is 63.7 Å². The lowest BCUT2D eigenvalue weighted by Gasteiger charge is -2.25. The molecule has 2 aromatic rings. The van der Waals surface area contributed by atoms with Crippen LogP contribution in [0.5, 0.6) is 0 Å². The van der Waals surface area contributed by atoms with Gasteiger partial charge in [-0.15, -0.1) is 11.3 Å². The van der Waals surface area contributed by atoms with Crippen molar-refractivity contribution in [1.82, 2.24) is 4.90 Å². The quantitative estimate of drug-likeness (QED) is 0.522. The maximum absolute atomic E-state index is 12.2. The number of hydrogen-bond donors (Lipinski definition) is 0. The van der Waals surface area contributed by atoms with Gasteiger partial charge in [-0.2, -0.15) is 0 Å². The van der Waals surface area contributed by atoms with Crippen LogP contribution in [0.1, 0.15) is 45.9 Å². The molecule has 1 amide bonds. The number of hydrogen-bond acceptors (Lipinski definition) is 5. The van der Waals surface area contributed by atoms with E-state index >= 15 is 0 Å². The van der Waals surface area contributed by atoms with Crippen molar-refractivity contribution in [2.24, 2.45) is 0 Å². The molecule has 0 aliphatic rings. The van der Waals surface area contributed by atoms with Crippen LogP contribution >= 0.6 is 11.3 Å². The number of thiophene rings is 1. The van der Waals surface area contributed by atoms with E-state index in [1.165, 1.54) is 11.3 Å². The van der Waals surface area contributed by atoms with E-state index in [-0.39, 0.29) is 37.2 Å². The molecular formula is C20H23NO4S. The van der Waals surface area contributed by atoms with Gasteiger partial charge in [0.2, 0.25) is 0 Å². The molecule has 0 fully saturated rings. The Bertz CT molecular complexity index is 769. The van der Waals surface area contributed by atoms with Crippen molar-refractivity contribution in [1.29, 1.82) is 0 Å². The van der Waals surface area contributed by atoms with Crippen LogP contribution in [0.2, 0.25) is 0 Å². The first-order chi connectivity index (χ1) is 12.4. The minimum Gasteiger partial charge on any atom is -0.456 e. The molecule has 5 nitrogen and oxygen atoms in total. The highest BCUT2D eigenvalue weighted by molar-refractivity contribution is 7.14. The van der Waals surface area contributed by atoms with Crippen molar-refractivity contribution < 1.29 is 19.1 Å². The second kappa shape index (κ2) is 9.29. The third-order valence-electron chi connectivity index (χ3n) is 4.18. The molecule has 0 radical (unpaired) electrons. The van der Waals surface area contributed by atoms with Gasteiger partial charge in [0, 0.05) is 18.3 Å². The minimum atomic E-state index is -0.541. The van der Waals surface area contributed by atoms with Crippen LogP contribution in [0.3, 0.4) is 0 Å². The summed E-state index contributed by atoms with van der Waals surface area (Å²) in [7, 11) is 1.68. The third-order valence-corrected chi connectivity index (χ3v) is 5.23. The van der Waals surface area contributed by atoms with E-state index in [1.54, 1.807) is 18.0 Å². The highest BCUT2D eigenvalue weighted by atomic mass is 32.1.